The van der Waals surface area contributed by atoms with Crippen molar-refractivity contribution in [1.29, 1.82) is 0 Å². The standard InChI is InChI=1S/C9H14S/c1-9(2)7-5-4-6-8-10-3/h7H,4-5H2,1-3H3/i3T. The molecule has 0 N–H and O–H groups in total. The normalized spacial score (nSPS) is 9.20. The number of hydrogen-bond donors (Lipinski definition) is 0. The molecule has 1 heteroatoms. The van der Waals surface area contributed by atoms with Gasteiger partial charge in [0.15, 0.2) is 0 Å². The van der Waals surface area contributed by atoms with Gasteiger partial charge in [-0.3, -0.25) is 0 Å². The zero-order valence-electron chi connectivity index (χ0n) is 7.61. The van der Waals surface area contributed by atoms with Crippen LogP contribution in [0.3, 0.4) is 0 Å². The van der Waals surface area contributed by atoms with Crippen molar-refractivity contribution in [1.82, 2.24) is 0 Å². The summed E-state index contributed by atoms with van der Waals surface area (Å²) in [7, 11) is 0. The van der Waals surface area contributed by atoms with Crippen LogP contribution in [-0.4, -0.2) is 6.23 Å². The summed E-state index contributed by atoms with van der Waals surface area (Å²) in [5.41, 5.74) is 1.35. The minimum Gasteiger partial charge on any atom is -0.0910 e. The molecule has 0 heterocycles. The third-order valence-corrected chi connectivity index (χ3v) is 1.25. The first-order chi connectivity index (χ1) is 5.27. The lowest BCUT2D eigenvalue weighted by Crippen LogP contribution is -1.67. The van der Waals surface area contributed by atoms with E-state index in [1.165, 1.54) is 17.3 Å². The Morgan fingerprint density at radius 1 is 1.70 bits per heavy atom. The number of rotatable bonds is 2. The summed E-state index contributed by atoms with van der Waals surface area (Å²) in [6.45, 7) is 4.18. The molecule has 0 saturated heterocycles. The van der Waals surface area contributed by atoms with Crippen LogP contribution in [0.5, 0.6) is 0 Å². The lowest BCUT2D eigenvalue weighted by atomic mass is 10.2. The molecule has 0 aromatic heterocycles. The summed E-state index contributed by atoms with van der Waals surface area (Å²) in [4.78, 5) is 0. The second-order valence-corrected chi connectivity index (χ2v) is 2.74. The lowest BCUT2D eigenvalue weighted by Gasteiger charge is -1.85. The minimum atomic E-state index is 0.343. The van der Waals surface area contributed by atoms with Crippen LogP contribution in [-0.2, 0) is 0 Å². The van der Waals surface area contributed by atoms with Crippen molar-refractivity contribution in [2.24, 2.45) is 0 Å². The van der Waals surface area contributed by atoms with Gasteiger partial charge in [0.1, 0.15) is 0 Å². The molecule has 0 amide bonds. The van der Waals surface area contributed by atoms with E-state index < -0.39 is 0 Å². The van der Waals surface area contributed by atoms with Gasteiger partial charge in [-0.1, -0.05) is 29.3 Å². The number of unbranched alkanes of at least 4 members (excludes halogenated alkanes) is 1. The van der Waals surface area contributed by atoms with Crippen molar-refractivity contribution in [3.63, 3.8) is 0 Å². The summed E-state index contributed by atoms with van der Waals surface area (Å²) in [5.74, 6) is 2.99. The van der Waals surface area contributed by atoms with Gasteiger partial charge in [0.05, 0.1) is 0 Å². The highest BCUT2D eigenvalue weighted by molar-refractivity contribution is 8.03. The van der Waals surface area contributed by atoms with Crippen molar-refractivity contribution in [2.75, 3.05) is 6.23 Å². The van der Waals surface area contributed by atoms with Gasteiger partial charge < -0.3 is 0 Å². The SMILES string of the molecule is [3H]CSC#CCCC=C(C)C. The fourth-order valence-electron chi connectivity index (χ4n) is 0.535. The summed E-state index contributed by atoms with van der Waals surface area (Å²) >= 11 is 1.35. The Balaban J connectivity index is 3.29. The van der Waals surface area contributed by atoms with Crippen LogP contribution >= 0.6 is 11.8 Å². The van der Waals surface area contributed by atoms with Crippen LogP contribution in [0.15, 0.2) is 11.6 Å². The first-order valence-electron chi connectivity index (χ1n) is 4.00. The van der Waals surface area contributed by atoms with Crippen molar-refractivity contribution >= 4 is 11.8 Å². The summed E-state index contributed by atoms with van der Waals surface area (Å²) in [5, 5.41) is 2.86. The maximum Gasteiger partial charge on any atom is 0.0354 e. The van der Waals surface area contributed by atoms with E-state index in [1.807, 2.05) is 0 Å². The summed E-state index contributed by atoms with van der Waals surface area (Å²) < 4.78 is 6.80. The summed E-state index contributed by atoms with van der Waals surface area (Å²) in [6, 6.07) is 0. The van der Waals surface area contributed by atoms with Crippen LogP contribution in [0.4, 0.5) is 0 Å². The van der Waals surface area contributed by atoms with E-state index in [0.29, 0.717) is 6.23 Å². The zero-order valence-corrected chi connectivity index (χ0v) is 7.42. The van der Waals surface area contributed by atoms with E-state index >= 15 is 0 Å². The predicted octanol–water partition coefficient (Wildman–Crippen LogP) is 3.06. The van der Waals surface area contributed by atoms with Gasteiger partial charge in [0.25, 0.3) is 0 Å². The Hall–Kier alpha value is -0.350. The molecule has 0 atom stereocenters. The van der Waals surface area contributed by atoms with E-state index in [0.717, 1.165) is 12.8 Å². The predicted molar refractivity (Wildman–Crippen MR) is 50.0 cm³/mol. The molecule has 0 fully saturated rings. The van der Waals surface area contributed by atoms with Gasteiger partial charge >= 0.3 is 0 Å². The van der Waals surface area contributed by atoms with Crippen molar-refractivity contribution < 1.29 is 1.37 Å². The molecule has 56 valence electrons. The molecular weight excluding hydrogens is 140 g/mol. The largest absolute Gasteiger partial charge is 0.0910 e. The van der Waals surface area contributed by atoms with E-state index in [-0.39, 0.29) is 0 Å². The highest BCUT2D eigenvalue weighted by Gasteiger charge is 1.76. The molecule has 0 nitrogen and oxygen atoms in total. The molecule has 0 aliphatic heterocycles. The Morgan fingerprint density at radius 2 is 2.50 bits per heavy atom. The average Bonchev–Trinajstić information content (AvgIpc) is 1.96. The van der Waals surface area contributed by atoms with Gasteiger partial charge in [-0.15, -0.1) is 0 Å². The third kappa shape index (κ3) is 7.65. The van der Waals surface area contributed by atoms with Gasteiger partial charge in [-0.2, -0.15) is 0 Å². The molecule has 0 aromatic carbocycles. The van der Waals surface area contributed by atoms with Gasteiger partial charge in [-0.05, 0) is 31.8 Å². The van der Waals surface area contributed by atoms with Crippen LogP contribution in [0, 0.1) is 11.2 Å². The molecule has 0 aromatic rings. The van der Waals surface area contributed by atoms with E-state index in [2.05, 4.69) is 31.1 Å². The zero-order chi connectivity index (χ0) is 8.53. The first kappa shape index (κ1) is 7.75. The maximum atomic E-state index is 6.80. The van der Waals surface area contributed by atoms with Crippen LogP contribution < -0.4 is 0 Å². The van der Waals surface area contributed by atoms with E-state index in [1.54, 1.807) is 0 Å². The quantitative estimate of drug-likeness (QED) is 0.336. The molecule has 0 unspecified atom stereocenters. The minimum absolute atomic E-state index is 0.343. The highest BCUT2D eigenvalue weighted by atomic mass is 32.2. The Labute approximate surface area is 69.5 Å². The fraction of sp³-hybridized carbons (Fsp3) is 0.556. The number of thioether (sulfide) groups is 1. The highest BCUT2D eigenvalue weighted by Crippen LogP contribution is 1.96. The molecular formula is C9H14S. The topological polar surface area (TPSA) is 0 Å². The molecule has 10 heavy (non-hydrogen) atoms. The molecule has 0 radical (unpaired) electrons. The molecule has 0 aliphatic carbocycles. The number of hydrogen-bond acceptors (Lipinski definition) is 1. The Kier molecular flexibility index (Phi) is 5.25. The summed E-state index contributed by atoms with van der Waals surface area (Å²) in [6.07, 6.45) is 4.47. The molecule has 0 saturated carbocycles. The van der Waals surface area contributed by atoms with Crippen LogP contribution in [0.1, 0.15) is 28.1 Å². The van der Waals surface area contributed by atoms with Crippen molar-refractivity contribution in [3.05, 3.63) is 11.6 Å². The lowest BCUT2D eigenvalue weighted by molar-refractivity contribution is 1.06. The second-order valence-electron chi connectivity index (χ2n) is 2.24. The van der Waals surface area contributed by atoms with E-state index in [9.17, 15) is 0 Å². The Morgan fingerprint density at radius 3 is 3.10 bits per heavy atom. The van der Waals surface area contributed by atoms with Crippen molar-refractivity contribution in [2.45, 2.75) is 26.7 Å². The first-order valence-corrected chi connectivity index (χ1v) is 4.28. The van der Waals surface area contributed by atoms with Crippen LogP contribution in [0.2, 0.25) is 0 Å². The second kappa shape index (κ2) is 6.77. The molecule has 0 aliphatic rings. The maximum absolute atomic E-state index is 6.80. The fourth-order valence-corrected chi connectivity index (χ4v) is 0.739. The smallest absolute Gasteiger partial charge is 0.0354 e. The van der Waals surface area contributed by atoms with Crippen molar-refractivity contribution in [3.8, 4) is 11.2 Å². The van der Waals surface area contributed by atoms with Gasteiger partial charge in [0, 0.05) is 7.79 Å². The third-order valence-electron chi connectivity index (χ3n) is 0.966. The molecule has 0 spiro atoms. The molecule has 0 rings (SSSR count). The average molecular weight is 156 g/mol. The molecule has 0 bridgehead atoms. The number of allylic oxidation sites excluding steroid dienone is 2. The van der Waals surface area contributed by atoms with Gasteiger partial charge in [-0.25, -0.2) is 0 Å². The van der Waals surface area contributed by atoms with Gasteiger partial charge in [0.2, 0.25) is 0 Å². The Bertz CT molecular complexity index is 170. The van der Waals surface area contributed by atoms with E-state index in [4.69, 9.17) is 1.37 Å². The van der Waals surface area contributed by atoms with Crippen LogP contribution in [0.25, 0.3) is 0 Å². The monoisotopic (exact) mass is 156 g/mol.